The van der Waals surface area contributed by atoms with Crippen LogP contribution in [0, 0.1) is 0 Å². The molecular formula is C12H10N2O4S. The minimum Gasteiger partial charge on any atom is -0.453 e. The molecule has 4 N–H and O–H groups in total. The second-order valence-electron chi connectivity index (χ2n) is 4.08. The fraction of sp³-hybridized carbons (Fsp3) is 0. The van der Waals surface area contributed by atoms with Crippen LogP contribution in [0.3, 0.4) is 0 Å². The van der Waals surface area contributed by atoms with Crippen molar-refractivity contribution in [3.8, 4) is 11.5 Å². The Morgan fingerprint density at radius 3 is 2.63 bits per heavy atom. The third-order valence-electron chi connectivity index (χ3n) is 2.77. The number of para-hydroxylation sites is 2. The molecule has 3 rings (SSSR count). The topological polar surface area (TPSA) is 102 Å². The van der Waals surface area contributed by atoms with E-state index in [4.69, 9.17) is 15.0 Å². The molecule has 0 aliphatic carbocycles. The Morgan fingerprint density at radius 1 is 1.16 bits per heavy atom. The van der Waals surface area contributed by atoms with Gasteiger partial charge in [0.1, 0.15) is 5.69 Å². The maximum absolute atomic E-state index is 11.1. The van der Waals surface area contributed by atoms with Gasteiger partial charge in [-0.05, 0) is 18.2 Å². The zero-order valence-corrected chi connectivity index (χ0v) is 10.4. The minimum atomic E-state index is -4.32. The lowest BCUT2D eigenvalue weighted by Gasteiger charge is -2.23. The predicted molar refractivity (Wildman–Crippen MR) is 70.5 cm³/mol. The van der Waals surface area contributed by atoms with Crippen LogP contribution in [0.5, 0.6) is 11.5 Å². The number of fused-ring (bicyclic) bond motifs is 2. The summed E-state index contributed by atoms with van der Waals surface area (Å²) in [4.78, 5) is -0.301. The number of ether oxygens (including phenoxy) is 1. The van der Waals surface area contributed by atoms with Gasteiger partial charge in [-0.1, -0.05) is 12.1 Å². The van der Waals surface area contributed by atoms with Crippen molar-refractivity contribution < 1.29 is 17.7 Å². The number of anilines is 3. The Kier molecular flexibility index (Phi) is 2.41. The van der Waals surface area contributed by atoms with Gasteiger partial charge in [0, 0.05) is 6.07 Å². The zero-order chi connectivity index (χ0) is 13.6. The standard InChI is InChI=1S/C12H10N2O4S/c13-8-5-7(19(15,16)17)6-11-12(8)14-9-3-1-2-4-10(9)18-11/h1-6,14H,13H2,(H,15,16,17). The summed E-state index contributed by atoms with van der Waals surface area (Å²) in [5.41, 5.74) is 7.17. The van der Waals surface area contributed by atoms with Crippen LogP contribution in [0.25, 0.3) is 0 Å². The van der Waals surface area contributed by atoms with Gasteiger partial charge >= 0.3 is 0 Å². The first-order valence-corrected chi connectivity index (χ1v) is 6.84. The Morgan fingerprint density at radius 2 is 1.89 bits per heavy atom. The van der Waals surface area contributed by atoms with Gasteiger partial charge in [-0.2, -0.15) is 8.42 Å². The van der Waals surface area contributed by atoms with Crippen LogP contribution in [0.4, 0.5) is 17.1 Å². The van der Waals surface area contributed by atoms with Crippen molar-refractivity contribution in [2.45, 2.75) is 4.90 Å². The molecule has 0 fully saturated rings. The Balaban J connectivity index is 2.16. The largest absolute Gasteiger partial charge is 0.453 e. The summed E-state index contributed by atoms with van der Waals surface area (Å²) in [7, 11) is -4.32. The maximum Gasteiger partial charge on any atom is 0.294 e. The van der Waals surface area contributed by atoms with Crippen LogP contribution in [-0.2, 0) is 10.1 Å². The van der Waals surface area contributed by atoms with Crippen molar-refractivity contribution in [1.29, 1.82) is 0 Å². The van der Waals surface area contributed by atoms with Crippen molar-refractivity contribution in [3.05, 3.63) is 36.4 Å². The van der Waals surface area contributed by atoms with Gasteiger partial charge in [0.25, 0.3) is 10.1 Å². The molecule has 0 radical (unpaired) electrons. The van der Waals surface area contributed by atoms with Crippen LogP contribution < -0.4 is 15.8 Å². The fourth-order valence-electron chi connectivity index (χ4n) is 1.89. The minimum absolute atomic E-state index is 0.180. The molecule has 0 spiro atoms. The number of nitrogens with two attached hydrogens (primary N) is 1. The number of nitrogen functional groups attached to an aromatic ring is 1. The molecule has 2 aromatic rings. The van der Waals surface area contributed by atoms with Gasteiger partial charge in [0.15, 0.2) is 11.5 Å². The van der Waals surface area contributed by atoms with Crippen LogP contribution in [0.2, 0.25) is 0 Å². The highest BCUT2D eigenvalue weighted by atomic mass is 32.2. The number of nitrogens with one attached hydrogen (secondary N) is 1. The average Bonchev–Trinajstić information content (AvgIpc) is 2.35. The smallest absolute Gasteiger partial charge is 0.294 e. The number of rotatable bonds is 1. The molecule has 0 bridgehead atoms. The molecule has 0 amide bonds. The van der Waals surface area contributed by atoms with Crippen molar-refractivity contribution in [2.75, 3.05) is 11.1 Å². The first-order chi connectivity index (χ1) is 8.95. The lowest BCUT2D eigenvalue weighted by Crippen LogP contribution is -2.08. The van der Waals surface area contributed by atoms with Crippen molar-refractivity contribution in [3.63, 3.8) is 0 Å². The van der Waals surface area contributed by atoms with Crippen LogP contribution in [0.1, 0.15) is 0 Å². The Labute approximate surface area is 109 Å². The Bertz CT molecular complexity index is 771. The molecule has 1 aliphatic rings. The van der Waals surface area contributed by atoms with E-state index in [9.17, 15) is 8.42 Å². The summed E-state index contributed by atoms with van der Waals surface area (Å²) in [5.74, 6) is 0.813. The number of benzene rings is 2. The molecule has 2 aromatic carbocycles. The van der Waals surface area contributed by atoms with Gasteiger partial charge in [0.05, 0.1) is 16.3 Å². The number of hydrogen-bond acceptors (Lipinski definition) is 5. The van der Waals surface area contributed by atoms with E-state index in [-0.39, 0.29) is 16.3 Å². The first-order valence-electron chi connectivity index (χ1n) is 5.40. The van der Waals surface area contributed by atoms with Gasteiger partial charge in [-0.15, -0.1) is 0 Å². The molecule has 7 heteroatoms. The van der Waals surface area contributed by atoms with E-state index in [0.717, 1.165) is 5.69 Å². The average molecular weight is 278 g/mol. The van der Waals surface area contributed by atoms with Gasteiger partial charge in [0.2, 0.25) is 0 Å². The van der Waals surface area contributed by atoms with Crippen LogP contribution in [-0.4, -0.2) is 13.0 Å². The molecule has 0 atom stereocenters. The molecule has 0 saturated carbocycles. The van der Waals surface area contributed by atoms with Crippen molar-refractivity contribution >= 4 is 27.2 Å². The molecule has 1 aliphatic heterocycles. The van der Waals surface area contributed by atoms with E-state index in [1.54, 1.807) is 12.1 Å². The molecular weight excluding hydrogens is 268 g/mol. The van der Waals surface area contributed by atoms with E-state index >= 15 is 0 Å². The van der Waals surface area contributed by atoms with Gasteiger partial charge in [-0.25, -0.2) is 0 Å². The Hall–Kier alpha value is -2.25. The summed E-state index contributed by atoms with van der Waals surface area (Å²) in [6.45, 7) is 0. The van der Waals surface area contributed by atoms with Crippen molar-refractivity contribution in [1.82, 2.24) is 0 Å². The predicted octanol–water partition coefficient (Wildman–Crippen LogP) is 2.36. The molecule has 1 heterocycles. The summed E-state index contributed by atoms with van der Waals surface area (Å²) in [6, 6.07) is 9.59. The highest BCUT2D eigenvalue weighted by Gasteiger charge is 2.22. The first kappa shape index (κ1) is 11.8. The van der Waals surface area contributed by atoms with E-state index in [0.29, 0.717) is 11.4 Å². The van der Waals surface area contributed by atoms with E-state index in [1.165, 1.54) is 12.1 Å². The van der Waals surface area contributed by atoms with E-state index in [2.05, 4.69) is 5.32 Å². The van der Waals surface area contributed by atoms with Crippen LogP contribution >= 0.6 is 0 Å². The summed E-state index contributed by atoms with van der Waals surface area (Å²) in [6.07, 6.45) is 0. The molecule has 6 nitrogen and oxygen atoms in total. The molecule has 98 valence electrons. The third-order valence-corrected chi connectivity index (χ3v) is 3.60. The van der Waals surface area contributed by atoms with Gasteiger partial charge < -0.3 is 15.8 Å². The molecule has 0 unspecified atom stereocenters. The van der Waals surface area contributed by atoms with Crippen LogP contribution in [0.15, 0.2) is 41.3 Å². The third kappa shape index (κ3) is 1.98. The van der Waals surface area contributed by atoms with Gasteiger partial charge in [-0.3, -0.25) is 4.55 Å². The maximum atomic E-state index is 11.1. The summed E-state index contributed by atoms with van der Waals surface area (Å²) >= 11 is 0. The normalized spacial score (nSPS) is 12.9. The second kappa shape index (κ2) is 3.87. The van der Waals surface area contributed by atoms with Crippen molar-refractivity contribution in [2.24, 2.45) is 0 Å². The number of hydrogen-bond donors (Lipinski definition) is 3. The van der Waals surface area contributed by atoms with E-state index in [1.807, 2.05) is 12.1 Å². The highest BCUT2D eigenvalue weighted by molar-refractivity contribution is 7.85. The quantitative estimate of drug-likeness (QED) is 0.466. The SMILES string of the molecule is Nc1cc(S(=O)(=O)O)cc2c1Nc1ccccc1O2. The zero-order valence-electron chi connectivity index (χ0n) is 9.62. The van der Waals surface area contributed by atoms with E-state index < -0.39 is 10.1 Å². The molecule has 0 aromatic heterocycles. The fourth-order valence-corrected chi connectivity index (χ4v) is 2.42. The lowest BCUT2D eigenvalue weighted by molar-refractivity contribution is 0.471. The second-order valence-corrected chi connectivity index (χ2v) is 5.51. The summed E-state index contributed by atoms with van der Waals surface area (Å²) in [5, 5.41) is 3.06. The highest BCUT2D eigenvalue weighted by Crippen LogP contribution is 2.45. The molecule has 0 saturated heterocycles. The lowest BCUT2D eigenvalue weighted by atomic mass is 10.2. The monoisotopic (exact) mass is 278 g/mol. The molecule has 19 heavy (non-hydrogen) atoms. The summed E-state index contributed by atoms with van der Waals surface area (Å²) < 4.78 is 36.9.